The maximum absolute atomic E-state index is 16.8. The lowest BCUT2D eigenvalue weighted by molar-refractivity contribution is -0.145. The van der Waals surface area contributed by atoms with Crippen molar-refractivity contribution in [2.75, 3.05) is 77.1 Å². The minimum atomic E-state index is -0.985. The molecule has 6 atom stereocenters. The number of nitrogens with one attached hydrogen (secondary N) is 2. The lowest BCUT2D eigenvalue weighted by atomic mass is 9.79. The molecule has 81 heavy (non-hydrogen) atoms. The predicted octanol–water partition coefficient (Wildman–Crippen LogP) is 8.16. The number of nitroso groups, excluding NO2 is 1. The van der Waals surface area contributed by atoms with E-state index in [1.165, 1.54) is 29.2 Å². The van der Waals surface area contributed by atoms with Gasteiger partial charge in [-0.25, -0.2) is 13.8 Å². The van der Waals surface area contributed by atoms with Crippen molar-refractivity contribution in [3.8, 4) is 27.6 Å². The topological polar surface area (TPSA) is 221 Å². The molecule has 4 amide bonds. The van der Waals surface area contributed by atoms with Crippen molar-refractivity contribution in [3.63, 3.8) is 0 Å². The van der Waals surface area contributed by atoms with Crippen LogP contribution in [0, 0.1) is 34.8 Å². The number of aliphatic hydroxyl groups is 1. The number of aryl methyl sites for hydroxylation is 1. The van der Waals surface area contributed by atoms with Crippen molar-refractivity contribution in [1.29, 1.82) is 0 Å². The lowest BCUT2D eigenvalue weighted by Crippen LogP contribution is -2.54. The van der Waals surface area contributed by atoms with Gasteiger partial charge >= 0.3 is 6.01 Å². The molecule has 0 bridgehead atoms. The fraction of sp³-hybridized carbons (Fsp3) is 0.500. The lowest BCUT2D eigenvalue weighted by Gasteiger charge is -2.40. The van der Waals surface area contributed by atoms with Crippen molar-refractivity contribution in [2.24, 2.45) is 16.5 Å². The molecule has 8 rings (SSSR count). The molecule has 3 saturated heterocycles. The molecule has 3 N–H and O–H groups in total. The fourth-order valence-electron chi connectivity index (χ4n) is 10.8. The van der Waals surface area contributed by atoms with E-state index in [1.54, 1.807) is 16.2 Å². The van der Waals surface area contributed by atoms with Crippen LogP contribution in [0.4, 0.5) is 20.3 Å². The first kappa shape index (κ1) is 60.5. The fourth-order valence-corrected chi connectivity index (χ4v) is 11.9. The highest BCUT2D eigenvalue weighted by molar-refractivity contribution is 7.13. The highest BCUT2D eigenvalue weighted by atomic mass is 35.5. The Labute approximate surface area is 479 Å². The van der Waals surface area contributed by atoms with Gasteiger partial charge in [0.2, 0.25) is 23.6 Å². The van der Waals surface area contributed by atoms with Gasteiger partial charge in [-0.2, -0.15) is 9.97 Å². The van der Waals surface area contributed by atoms with E-state index < -0.39 is 52.7 Å². The first-order chi connectivity index (χ1) is 38.6. The number of piperazine rings is 1. The number of hydrogen-bond donors (Lipinski definition) is 3. The highest BCUT2D eigenvalue weighted by Gasteiger charge is 2.44. The molecule has 3 aliphatic heterocycles. The van der Waals surface area contributed by atoms with Gasteiger partial charge in [-0.1, -0.05) is 69.3 Å². The zero-order valence-corrected chi connectivity index (χ0v) is 48.3. The predicted molar refractivity (Wildman–Crippen MR) is 306 cm³/mol. The quantitative estimate of drug-likeness (QED) is 0.0359. The van der Waals surface area contributed by atoms with E-state index in [0.717, 1.165) is 27.8 Å². The molecule has 0 aliphatic carbocycles. The number of amides is 4. The molecule has 0 saturated carbocycles. The monoisotopic (exact) mass is 1160 g/mol. The van der Waals surface area contributed by atoms with Gasteiger partial charge in [0.15, 0.2) is 5.82 Å². The number of anilines is 1. The maximum Gasteiger partial charge on any atom is 0.319 e. The largest absolute Gasteiger partial charge is 0.459 e. The van der Waals surface area contributed by atoms with Gasteiger partial charge in [-0.05, 0) is 86.5 Å². The number of β-amino-alcohol motifs (C(OH)–C–C–N with tert-alkyl or cyclic N) is 1. The summed E-state index contributed by atoms with van der Waals surface area (Å²) in [5.41, 5.74) is 2.78. The van der Waals surface area contributed by atoms with Gasteiger partial charge in [0.05, 0.1) is 64.0 Å². The average molecular weight is 1160 g/mol. The minimum absolute atomic E-state index is 0.00223. The standard InChI is InChI=1S/C58H71ClF2N10O9S/c1-9-48(74)70-22-21-69(28-33(70)2)54-41-26-43(59)49(50-44(60)11-10-12-45(50)67-77)51(61)52(41)65-57(66-54)80-34(3)29-68-19-17-40(18-20-68)79-24-23-78-31-47(73)62-27-42(58(6,7)8)56(76)71-30-39(72)25-46(71)55(75)64-35(4)37-13-15-38(16-14-37)53-36(5)63-32-81-53/h9-16,26,32-35,39-40,42,46,72H,1,17-25,27-31H2,2-8H3,(H,62,73)(H,64,75)/t33-,34-,35+,39-,42-,46+/m1/s1. The number of aliphatic hydroxyl groups excluding tert-OH is 1. The summed E-state index contributed by atoms with van der Waals surface area (Å²) in [4.78, 5) is 87.2. The number of thiazole rings is 1. The summed E-state index contributed by atoms with van der Waals surface area (Å²) < 4.78 is 50.2. The van der Waals surface area contributed by atoms with Crippen molar-refractivity contribution in [1.82, 2.24) is 40.3 Å². The summed E-state index contributed by atoms with van der Waals surface area (Å²) in [6, 6.07) is 11.4. The third-order valence-electron chi connectivity index (χ3n) is 15.2. The number of benzene rings is 3. The molecule has 0 unspecified atom stereocenters. The molecule has 0 radical (unpaired) electrons. The second-order valence-corrected chi connectivity index (χ2v) is 23.4. The number of rotatable bonds is 21. The average Bonchev–Trinajstić information content (AvgIpc) is 4.22. The normalized spacial score (nSPS) is 19.3. The summed E-state index contributed by atoms with van der Waals surface area (Å²) in [5, 5.41) is 19.6. The molecular formula is C58H71ClF2N10O9S. The summed E-state index contributed by atoms with van der Waals surface area (Å²) in [6.45, 7) is 19.9. The molecule has 5 heterocycles. The molecule has 434 valence electrons. The third-order valence-corrected chi connectivity index (χ3v) is 16.5. The van der Waals surface area contributed by atoms with Crippen LogP contribution in [0.1, 0.15) is 78.1 Å². The van der Waals surface area contributed by atoms with E-state index in [2.05, 4.69) is 37.3 Å². The Bertz CT molecular complexity index is 3100. The Balaban J connectivity index is 0.797. The number of halogens is 3. The number of hydrogen-bond acceptors (Lipinski definition) is 16. The van der Waals surface area contributed by atoms with E-state index in [9.17, 15) is 29.2 Å². The second-order valence-electron chi connectivity index (χ2n) is 22.1. The van der Waals surface area contributed by atoms with Crippen LogP contribution >= 0.6 is 22.9 Å². The van der Waals surface area contributed by atoms with Crippen LogP contribution in [0.5, 0.6) is 6.01 Å². The molecule has 2 aromatic heterocycles. The molecule has 3 fully saturated rings. The van der Waals surface area contributed by atoms with Crippen LogP contribution < -0.4 is 20.3 Å². The maximum atomic E-state index is 16.8. The Kier molecular flexibility index (Phi) is 19.9. The molecule has 19 nitrogen and oxygen atoms in total. The zero-order valence-electron chi connectivity index (χ0n) is 46.8. The van der Waals surface area contributed by atoms with Crippen molar-refractivity contribution >= 4 is 69.0 Å². The SMILES string of the molecule is C=CC(=O)N1CCN(c2nc(O[C@H](C)CN3CCC(OCCOCC(=O)NC[C@H](C(=O)N4C[C@H](O)C[C@H]4C(=O)N[C@@H](C)c4ccc(-c5scnc5C)cc4)C(C)(C)C)CC3)nc3c(F)c(-c4c(F)cccc4N=O)c(Cl)cc23)C[C@H]1C. The molecular weight excluding hydrogens is 1090 g/mol. The van der Waals surface area contributed by atoms with Gasteiger partial charge in [0.1, 0.15) is 41.6 Å². The third kappa shape index (κ3) is 14.4. The summed E-state index contributed by atoms with van der Waals surface area (Å²) in [7, 11) is 0. The van der Waals surface area contributed by atoms with E-state index in [0.29, 0.717) is 57.9 Å². The Morgan fingerprint density at radius 2 is 1.74 bits per heavy atom. The van der Waals surface area contributed by atoms with Gasteiger partial charge in [-0.3, -0.25) is 24.1 Å². The van der Waals surface area contributed by atoms with Gasteiger partial charge < -0.3 is 44.7 Å². The number of nitrogens with zero attached hydrogens (tertiary/aromatic N) is 8. The smallest absolute Gasteiger partial charge is 0.319 e. The number of ether oxygens (including phenoxy) is 3. The summed E-state index contributed by atoms with van der Waals surface area (Å²) in [5.74, 6) is -3.59. The zero-order chi connectivity index (χ0) is 58.3. The number of carbonyl (C=O) groups is 4. The molecule has 3 aliphatic rings. The van der Waals surface area contributed by atoms with Crippen LogP contribution in [0.15, 0.2) is 71.9 Å². The molecule has 5 aromatic rings. The summed E-state index contributed by atoms with van der Waals surface area (Å²) >= 11 is 8.25. The second kappa shape index (κ2) is 26.6. The van der Waals surface area contributed by atoms with Crippen LogP contribution in [-0.2, 0) is 28.7 Å². The van der Waals surface area contributed by atoms with Crippen LogP contribution in [0.2, 0.25) is 5.02 Å². The Hall–Kier alpha value is -6.56. The molecule has 23 heteroatoms. The van der Waals surface area contributed by atoms with Gasteiger partial charge in [0.25, 0.3) is 0 Å². The number of aromatic nitrogens is 3. The Morgan fingerprint density at radius 1 is 1.00 bits per heavy atom. The van der Waals surface area contributed by atoms with E-state index >= 15 is 8.78 Å². The van der Waals surface area contributed by atoms with Crippen LogP contribution in [-0.4, -0.2) is 161 Å². The van der Waals surface area contributed by atoms with E-state index in [1.807, 2.05) is 83.1 Å². The summed E-state index contributed by atoms with van der Waals surface area (Å²) in [6.07, 6.45) is 1.38. The number of carbonyl (C=O) groups excluding carboxylic acids is 4. The first-order valence-electron chi connectivity index (χ1n) is 27.3. The first-order valence-corrected chi connectivity index (χ1v) is 28.6. The van der Waals surface area contributed by atoms with Crippen molar-refractivity contribution < 1.29 is 47.3 Å². The minimum Gasteiger partial charge on any atom is -0.459 e. The van der Waals surface area contributed by atoms with E-state index in [4.69, 9.17) is 30.8 Å². The van der Waals surface area contributed by atoms with Gasteiger partial charge in [0, 0.05) is 75.8 Å². The molecule has 0 spiro atoms. The van der Waals surface area contributed by atoms with E-state index in [-0.39, 0.29) is 108 Å². The van der Waals surface area contributed by atoms with Crippen molar-refractivity contribution in [2.45, 2.75) is 104 Å². The molecule has 3 aromatic carbocycles. The Morgan fingerprint density at radius 3 is 2.41 bits per heavy atom. The van der Waals surface area contributed by atoms with Crippen LogP contribution in [0.3, 0.4) is 0 Å². The highest BCUT2D eigenvalue weighted by Crippen LogP contribution is 2.43. The van der Waals surface area contributed by atoms with Crippen LogP contribution in [0.25, 0.3) is 32.5 Å². The van der Waals surface area contributed by atoms with Crippen molar-refractivity contribution in [3.05, 3.63) is 99.5 Å². The number of piperidine rings is 1. The number of fused-ring (bicyclic) bond motifs is 1. The number of likely N-dealkylation sites (tertiary alicyclic amines) is 2. The van der Waals surface area contributed by atoms with Gasteiger partial charge in [-0.15, -0.1) is 16.2 Å².